The number of pyridine rings is 1. The van der Waals surface area contributed by atoms with Gasteiger partial charge in [0, 0.05) is 47.8 Å². The number of anilines is 2. The Labute approximate surface area is 216 Å². The van der Waals surface area contributed by atoms with E-state index >= 15 is 0 Å². The number of nitrogens with zero attached hydrogens (tertiary/aromatic N) is 5. The molecule has 0 aliphatic heterocycles. The highest BCUT2D eigenvalue weighted by molar-refractivity contribution is 5.90. The van der Waals surface area contributed by atoms with Gasteiger partial charge in [-0.05, 0) is 82.5 Å². The standard InChI is InChI=1S/C28H33N7O2/c1-28(2,3)35(27(36)37-22-7-6-8-22)21-12-10-20(11-13-21)34-24(23-9-4-5-15-30-23)17-19-18-32-26(31-16-14-29)33-25(19)34/h4-5,9-13,15,17-18,22H,6-8,14,16,29H2,1-3H3,(H,31,32,33). The number of hydrogen-bond acceptors (Lipinski definition) is 7. The van der Waals surface area contributed by atoms with Crippen molar-refractivity contribution in [3.63, 3.8) is 0 Å². The molecule has 5 rings (SSSR count). The van der Waals surface area contributed by atoms with E-state index in [2.05, 4.69) is 19.9 Å². The lowest BCUT2D eigenvalue weighted by atomic mass is 9.96. The lowest BCUT2D eigenvalue weighted by Crippen LogP contribution is -2.47. The Morgan fingerprint density at radius 3 is 2.57 bits per heavy atom. The van der Waals surface area contributed by atoms with Crippen LogP contribution in [0.3, 0.4) is 0 Å². The lowest BCUT2D eigenvalue weighted by molar-refractivity contribution is 0.0546. The van der Waals surface area contributed by atoms with Gasteiger partial charge < -0.3 is 15.8 Å². The number of fused-ring (bicyclic) bond motifs is 1. The van der Waals surface area contributed by atoms with Crippen molar-refractivity contribution in [2.75, 3.05) is 23.3 Å². The number of hydrogen-bond donors (Lipinski definition) is 2. The Morgan fingerprint density at radius 1 is 1.16 bits per heavy atom. The summed E-state index contributed by atoms with van der Waals surface area (Å²) in [6.07, 6.45) is 6.26. The minimum Gasteiger partial charge on any atom is -0.446 e. The minimum absolute atomic E-state index is 0.0190. The molecular formula is C28H33N7O2. The highest BCUT2D eigenvalue weighted by Crippen LogP contribution is 2.33. The molecular weight excluding hydrogens is 466 g/mol. The van der Waals surface area contributed by atoms with Gasteiger partial charge >= 0.3 is 6.09 Å². The van der Waals surface area contributed by atoms with E-state index in [1.54, 1.807) is 17.3 Å². The number of nitrogens with two attached hydrogens (primary N) is 1. The molecule has 0 radical (unpaired) electrons. The molecule has 3 N–H and O–H groups in total. The van der Waals surface area contributed by atoms with E-state index in [0.717, 1.165) is 53.1 Å². The molecule has 1 amide bonds. The Morgan fingerprint density at radius 2 is 1.95 bits per heavy atom. The predicted molar refractivity (Wildman–Crippen MR) is 146 cm³/mol. The first-order valence-electron chi connectivity index (χ1n) is 12.7. The van der Waals surface area contributed by atoms with Crippen molar-refractivity contribution in [2.45, 2.75) is 51.7 Å². The fourth-order valence-electron chi connectivity index (χ4n) is 4.42. The molecule has 4 aromatic rings. The van der Waals surface area contributed by atoms with Gasteiger partial charge in [-0.3, -0.25) is 14.5 Å². The normalized spacial score (nSPS) is 13.8. The summed E-state index contributed by atoms with van der Waals surface area (Å²) in [5.74, 6) is 0.513. The van der Waals surface area contributed by atoms with Crippen LogP contribution in [0.5, 0.6) is 0 Å². The molecule has 1 aromatic carbocycles. The first-order valence-corrected chi connectivity index (χ1v) is 12.7. The van der Waals surface area contributed by atoms with E-state index in [0.29, 0.717) is 19.0 Å². The van der Waals surface area contributed by atoms with Crippen molar-refractivity contribution < 1.29 is 9.53 Å². The third-order valence-electron chi connectivity index (χ3n) is 6.43. The topological polar surface area (TPSA) is 111 Å². The van der Waals surface area contributed by atoms with Crippen LogP contribution in [-0.4, -0.2) is 50.3 Å². The summed E-state index contributed by atoms with van der Waals surface area (Å²) in [5, 5.41) is 4.05. The van der Waals surface area contributed by atoms with Gasteiger partial charge in [0.15, 0.2) is 5.65 Å². The van der Waals surface area contributed by atoms with E-state index < -0.39 is 5.54 Å². The van der Waals surface area contributed by atoms with Gasteiger partial charge in [-0.2, -0.15) is 4.98 Å². The molecule has 3 heterocycles. The Hall–Kier alpha value is -3.98. The molecule has 0 spiro atoms. The summed E-state index contributed by atoms with van der Waals surface area (Å²) in [5.41, 5.74) is 9.34. The third kappa shape index (κ3) is 5.13. The fraction of sp³-hybridized carbons (Fsp3) is 0.357. The summed E-state index contributed by atoms with van der Waals surface area (Å²) < 4.78 is 7.81. The maximum Gasteiger partial charge on any atom is 0.415 e. The van der Waals surface area contributed by atoms with Gasteiger partial charge in [0.1, 0.15) is 6.10 Å². The van der Waals surface area contributed by atoms with E-state index in [-0.39, 0.29) is 12.2 Å². The SMILES string of the molecule is CC(C)(C)N(C(=O)OC1CCC1)c1ccc(-n2c(-c3ccccn3)cc3cnc(NCCN)nc32)cc1. The fourth-order valence-corrected chi connectivity index (χ4v) is 4.42. The molecule has 0 bridgehead atoms. The largest absolute Gasteiger partial charge is 0.446 e. The van der Waals surface area contributed by atoms with Crippen molar-refractivity contribution in [3.05, 3.63) is 60.9 Å². The minimum atomic E-state index is -0.446. The molecule has 0 saturated heterocycles. The Balaban J connectivity index is 1.56. The summed E-state index contributed by atoms with van der Waals surface area (Å²) in [6.45, 7) is 7.08. The molecule has 9 nitrogen and oxygen atoms in total. The molecule has 0 unspecified atom stereocenters. The molecule has 3 aromatic heterocycles. The lowest BCUT2D eigenvalue weighted by Gasteiger charge is -2.37. The van der Waals surface area contributed by atoms with Crippen molar-refractivity contribution >= 4 is 28.8 Å². The number of benzene rings is 1. The number of amides is 1. The van der Waals surface area contributed by atoms with Gasteiger partial charge in [0.05, 0.1) is 11.4 Å². The Kier molecular flexibility index (Phi) is 6.80. The summed E-state index contributed by atoms with van der Waals surface area (Å²) in [4.78, 5) is 28.6. The third-order valence-corrected chi connectivity index (χ3v) is 6.43. The van der Waals surface area contributed by atoms with Crippen LogP contribution >= 0.6 is 0 Å². The zero-order valence-corrected chi connectivity index (χ0v) is 21.5. The van der Waals surface area contributed by atoms with Crippen LogP contribution in [0.2, 0.25) is 0 Å². The van der Waals surface area contributed by atoms with Gasteiger partial charge in [0.25, 0.3) is 0 Å². The zero-order valence-electron chi connectivity index (χ0n) is 21.5. The van der Waals surface area contributed by atoms with Gasteiger partial charge in [0.2, 0.25) is 5.95 Å². The number of nitrogens with one attached hydrogen (secondary N) is 1. The maximum absolute atomic E-state index is 13.1. The van der Waals surface area contributed by atoms with Crippen LogP contribution in [0.15, 0.2) is 60.9 Å². The highest BCUT2D eigenvalue weighted by atomic mass is 16.6. The van der Waals surface area contributed by atoms with E-state index in [1.807, 2.05) is 69.3 Å². The molecule has 0 atom stereocenters. The maximum atomic E-state index is 13.1. The number of ether oxygens (including phenoxy) is 1. The summed E-state index contributed by atoms with van der Waals surface area (Å²) in [6, 6.07) is 15.7. The van der Waals surface area contributed by atoms with Crippen LogP contribution in [0, 0.1) is 0 Å². The van der Waals surface area contributed by atoms with Crippen molar-refractivity contribution in [1.82, 2.24) is 19.5 Å². The molecule has 1 aliphatic rings. The quantitative estimate of drug-likeness (QED) is 0.362. The smallest absolute Gasteiger partial charge is 0.415 e. The van der Waals surface area contributed by atoms with Crippen molar-refractivity contribution in [3.8, 4) is 17.1 Å². The highest BCUT2D eigenvalue weighted by Gasteiger charge is 2.32. The van der Waals surface area contributed by atoms with Gasteiger partial charge in [-0.25, -0.2) is 9.78 Å². The second kappa shape index (κ2) is 10.2. The number of aromatic nitrogens is 4. The molecule has 1 saturated carbocycles. The van der Waals surface area contributed by atoms with E-state index in [4.69, 9.17) is 15.5 Å². The zero-order chi connectivity index (χ0) is 26.0. The van der Waals surface area contributed by atoms with Crippen molar-refractivity contribution in [1.29, 1.82) is 0 Å². The number of carbonyl (C=O) groups is 1. The van der Waals surface area contributed by atoms with Crippen LogP contribution < -0.4 is 16.0 Å². The van der Waals surface area contributed by atoms with E-state index in [1.165, 1.54) is 0 Å². The number of rotatable bonds is 7. The molecule has 192 valence electrons. The Bertz CT molecular complexity index is 1370. The van der Waals surface area contributed by atoms with Crippen LogP contribution in [0.25, 0.3) is 28.1 Å². The number of carbonyl (C=O) groups excluding carboxylic acids is 1. The summed E-state index contributed by atoms with van der Waals surface area (Å²) in [7, 11) is 0. The summed E-state index contributed by atoms with van der Waals surface area (Å²) >= 11 is 0. The predicted octanol–water partition coefficient (Wildman–Crippen LogP) is 5.15. The first-order chi connectivity index (χ1) is 17.8. The molecule has 9 heteroatoms. The van der Waals surface area contributed by atoms with Crippen molar-refractivity contribution in [2.24, 2.45) is 5.73 Å². The van der Waals surface area contributed by atoms with Crippen LogP contribution in [0.4, 0.5) is 16.4 Å². The van der Waals surface area contributed by atoms with Crippen LogP contribution in [-0.2, 0) is 4.74 Å². The monoisotopic (exact) mass is 499 g/mol. The van der Waals surface area contributed by atoms with Gasteiger partial charge in [-0.1, -0.05) is 6.07 Å². The van der Waals surface area contributed by atoms with E-state index in [9.17, 15) is 4.79 Å². The average molecular weight is 500 g/mol. The van der Waals surface area contributed by atoms with Gasteiger partial charge in [-0.15, -0.1) is 0 Å². The molecule has 1 fully saturated rings. The van der Waals surface area contributed by atoms with Crippen LogP contribution in [0.1, 0.15) is 40.0 Å². The molecule has 37 heavy (non-hydrogen) atoms. The average Bonchev–Trinajstić information content (AvgIpc) is 3.24. The second-order valence-corrected chi connectivity index (χ2v) is 10.2. The first kappa shape index (κ1) is 24.7. The second-order valence-electron chi connectivity index (χ2n) is 10.2. The molecule has 1 aliphatic carbocycles.